The molecule has 7 heteroatoms. The molecule has 2 rings (SSSR count). The zero-order chi connectivity index (χ0) is 14.4. The van der Waals surface area contributed by atoms with Crippen molar-refractivity contribution in [2.24, 2.45) is 0 Å². The minimum atomic E-state index is -3.30. The van der Waals surface area contributed by atoms with Crippen molar-refractivity contribution in [1.29, 1.82) is 0 Å². The van der Waals surface area contributed by atoms with E-state index in [0.717, 1.165) is 6.26 Å². The van der Waals surface area contributed by atoms with Gasteiger partial charge >= 0.3 is 0 Å². The highest BCUT2D eigenvalue weighted by molar-refractivity contribution is 8.01. The van der Waals surface area contributed by atoms with Crippen molar-refractivity contribution in [3.8, 4) is 5.75 Å². The molecule has 1 heterocycles. The van der Waals surface area contributed by atoms with Crippen molar-refractivity contribution in [2.75, 3.05) is 12.8 Å². The van der Waals surface area contributed by atoms with E-state index in [1.807, 2.05) is 0 Å². The molecular formula is C12H16BNO3S2. The van der Waals surface area contributed by atoms with Crippen LogP contribution in [0.5, 0.6) is 5.75 Å². The van der Waals surface area contributed by atoms with Gasteiger partial charge in [0.05, 0.1) is 10.3 Å². The summed E-state index contributed by atoms with van der Waals surface area (Å²) in [4.78, 5) is 1.82. The van der Waals surface area contributed by atoms with Crippen LogP contribution >= 0.6 is 11.8 Å². The fourth-order valence-corrected chi connectivity index (χ4v) is 4.14. The highest BCUT2D eigenvalue weighted by Gasteiger charge is 2.37. The molecule has 19 heavy (non-hydrogen) atoms. The third kappa shape index (κ3) is 3.09. The molecule has 0 aliphatic carbocycles. The summed E-state index contributed by atoms with van der Waals surface area (Å²) in [5, 5.41) is 9.72. The van der Waals surface area contributed by atoms with E-state index in [9.17, 15) is 13.5 Å². The van der Waals surface area contributed by atoms with E-state index in [0.29, 0.717) is 12.1 Å². The van der Waals surface area contributed by atoms with E-state index in [1.54, 1.807) is 16.6 Å². The first-order valence-electron chi connectivity index (χ1n) is 5.82. The lowest BCUT2D eigenvalue weighted by atomic mass is 10.1. The fourth-order valence-electron chi connectivity index (χ4n) is 2.13. The predicted octanol–water partition coefficient (Wildman–Crippen LogP) is 1.71. The number of phenolic OH excluding ortho intramolecular Hbond substituents is 1. The number of benzene rings is 1. The number of rotatable bonds is 2. The van der Waals surface area contributed by atoms with Gasteiger partial charge in [0.1, 0.15) is 5.75 Å². The van der Waals surface area contributed by atoms with Crippen LogP contribution in [0, 0.1) is 0 Å². The lowest BCUT2D eigenvalue weighted by Crippen LogP contribution is -2.25. The summed E-state index contributed by atoms with van der Waals surface area (Å²) in [6.45, 7) is 4.80. The van der Waals surface area contributed by atoms with Crippen molar-refractivity contribution >= 4 is 29.6 Å². The van der Waals surface area contributed by atoms with Crippen LogP contribution in [0.4, 0.5) is 0 Å². The van der Waals surface area contributed by atoms with Gasteiger partial charge in [0.2, 0.25) is 0 Å². The molecule has 102 valence electrons. The predicted molar refractivity (Wildman–Crippen MR) is 78.1 cm³/mol. The first-order valence-corrected chi connectivity index (χ1v) is 8.59. The molecule has 0 aromatic heterocycles. The molecule has 0 spiro atoms. The van der Waals surface area contributed by atoms with Crippen molar-refractivity contribution in [1.82, 2.24) is 4.81 Å². The zero-order valence-electron chi connectivity index (χ0n) is 11.1. The van der Waals surface area contributed by atoms with Crippen LogP contribution in [-0.4, -0.2) is 43.9 Å². The molecule has 1 N–H and O–H groups in total. The lowest BCUT2D eigenvalue weighted by Gasteiger charge is -2.20. The van der Waals surface area contributed by atoms with E-state index >= 15 is 0 Å². The number of hydrogen-bond donors (Lipinski definition) is 1. The Balaban J connectivity index is 2.46. The quantitative estimate of drug-likeness (QED) is 0.842. The first-order chi connectivity index (χ1) is 8.60. The molecule has 1 aromatic rings. The summed E-state index contributed by atoms with van der Waals surface area (Å²) in [6, 6.07) is 4.31. The minimum Gasteiger partial charge on any atom is -0.508 e. The Hall–Kier alpha value is -0.655. The number of sulfone groups is 1. The highest BCUT2D eigenvalue weighted by atomic mass is 32.2. The van der Waals surface area contributed by atoms with Crippen molar-refractivity contribution in [3.05, 3.63) is 23.8 Å². The summed E-state index contributed by atoms with van der Waals surface area (Å²) in [7, 11) is 2.67. The van der Waals surface area contributed by atoms with Gasteiger partial charge in [-0.1, -0.05) is 0 Å². The van der Waals surface area contributed by atoms with Crippen LogP contribution < -0.4 is 0 Å². The van der Waals surface area contributed by atoms with Gasteiger partial charge in [-0.15, -0.1) is 11.8 Å². The van der Waals surface area contributed by atoms with E-state index in [2.05, 4.69) is 13.8 Å². The molecule has 1 aliphatic heterocycles. The van der Waals surface area contributed by atoms with E-state index in [4.69, 9.17) is 7.98 Å². The maximum Gasteiger partial charge on any atom is 0.184 e. The number of hydrogen-bond acceptors (Lipinski definition) is 5. The molecule has 1 saturated heterocycles. The summed E-state index contributed by atoms with van der Waals surface area (Å²) in [6.07, 6.45) is 1.15. The Labute approximate surface area is 119 Å². The maximum absolute atomic E-state index is 11.6. The molecule has 1 fully saturated rings. The van der Waals surface area contributed by atoms with Crippen LogP contribution in [0.2, 0.25) is 0 Å². The van der Waals surface area contributed by atoms with Gasteiger partial charge in [-0.3, -0.25) is 0 Å². The molecule has 0 amide bonds. The Kier molecular flexibility index (Phi) is 3.66. The maximum atomic E-state index is 11.6. The molecule has 1 aromatic carbocycles. The summed E-state index contributed by atoms with van der Waals surface area (Å²) < 4.78 is 23.1. The van der Waals surface area contributed by atoms with Crippen LogP contribution in [0.25, 0.3) is 0 Å². The molecule has 1 unspecified atom stereocenters. The van der Waals surface area contributed by atoms with Crippen LogP contribution in [0.1, 0.15) is 24.8 Å². The fraction of sp³-hybridized carbons (Fsp3) is 0.500. The Morgan fingerprint density at radius 1 is 1.47 bits per heavy atom. The molecule has 4 nitrogen and oxygen atoms in total. The SMILES string of the molecule is [B]N1CC(C)(C)SC1c1cc(S(C)(=O)=O)ccc1O. The first kappa shape index (κ1) is 14.7. The van der Waals surface area contributed by atoms with E-state index in [-0.39, 0.29) is 20.8 Å². The second-order valence-corrected chi connectivity index (χ2v) is 9.20. The largest absolute Gasteiger partial charge is 0.508 e. The molecule has 0 bridgehead atoms. The monoisotopic (exact) mass is 297 g/mol. The van der Waals surface area contributed by atoms with Gasteiger partial charge in [0.25, 0.3) is 0 Å². The molecular weight excluding hydrogens is 281 g/mol. The van der Waals surface area contributed by atoms with Crippen LogP contribution in [0.3, 0.4) is 0 Å². The van der Waals surface area contributed by atoms with E-state index in [1.165, 1.54) is 18.2 Å². The average molecular weight is 297 g/mol. The Bertz CT molecular complexity index is 601. The summed E-state index contributed by atoms with van der Waals surface area (Å²) in [5.74, 6) is 0.0676. The second-order valence-electron chi connectivity index (χ2n) is 5.40. The van der Waals surface area contributed by atoms with Crippen molar-refractivity contribution < 1.29 is 13.5 Å². The topological polar surface area (TPSA) is 57.6 Å². The minimum absolute atomic E-state index is 0.0348. The van der Waals surface area contributed by atoms with Gasteiger partial charge < -0.3 is 9.92 Å². The van der Waals surface area contributed by atoms with Gasteiger partial charge in [-0.05, 0) is 32.0 Å². The molecule has 1 aliphatic rings. The van der Waals surface area contributed by atoms with Gasteiger partial charge in [0.15, 0.2) is 17.8 Å². The zero-order valence-corrected chi connectivity index (χ0v) is 12.8. The van der Waals surface area contributed by atoms with Gasteiger partial charge in [-0.2, -0.15) is 0 Å². The number of nitrogens with zero attached hydrogens (tertiary/aromatic N) is 1. The number of thioether (sulfide) groups is 1. The smallest absolute Gasteiger partial charge is 0.184 e. The molecule has 2 radical (unpaired) electrons. The van der Waals surface area contributed by atoms with Crippen molar-refractivity contribution in [3.63, 3.8) is 0 Å². The second kappa shape index (κ2) is 4.72. The lowest BCUT2D eigenvalue weighted by molar-refractivity contribution is 0.416. The van der Waals surface area contributed by atoms with E-state index < -0.39 is 9.84 Å². The van der Waals surface area contributed by atoms with Crippen LogP contribution in [-0.2, 0) is 9.84 Å². The van der Waals surface area contributed by atoms with Gasteiger partial charge in [-0.25, -0.2) is 8.42 Å². The third-order valence-electron chi connectivity index (χ3n) is 2.99. The van der Waals surface area contributed by atoms with Crippen molar-refractivity contribution in [2.45, 2.75) is 28.9 Å². The Morgan fingerprint density at radius 2 is 2.11 bits per heavy atom. The Morgan fingerprint density at radius 3 is 2.58 bits per heavy atom. The third-order valence-corrected chi connectivity index (χ3v) is 5.61. The summed E-state index contributed by atoms with van der Waals surface area (Å²) in [5.41, 5.74) is 0.543. The van der Waals surface area contributed by atoms with Gasteiger partial charge in [0, 0.05) is 23.1 Å². The number of phenols is 1. The highest BCUT2D eigenvalue weighted by Crippen LogP contribution is 2.49. The standard InChI is InChI=1S/C12H16BNO3S2/c1-12(2)7-14(13)11(18-12)9-6-8(19(3,16)17)4-5-10(9)15/h4-6,11,15H,7H2,1-3H3. The molecule has 0 saturated carbocycles. The molecule has 1 atom stereocenters. The number of aromatic hydroxyl groups is 1. The summed E-state index contributed by atoms with van der Waals surface area (Å²) >= 11 is 1.61. The average Bonchev–Trinajstić information content (AvgIpc) is 2.51. The normalized spacial score (nSPS) is 23.6. The van der Waals surface area contributed by atoms with Crippen LogP contribution in [0.15, 0.2) is 23.1 Å².